The number of benzene rings is 1. The Hall–Kier alpha value is -0.420. The Morgan fingerprint density at radius 3 is 2.53 bits per heavy atom. The minimum absolute atomic E-state index is 0.411. The largest absolute Gasteiger partial charge is 0.361 e. The predicted molar refractivity (Wildman–Crippen MR) is 66.6 cm³/mol. The Kier molecular flexibility index (Phi) is 2.60. The van der Waals surface area contributed by atoms with Gasteiger partial charge in [-0.3, -0.25) is 0 Å². The lowest BCUT2D eigenvalue weighted by Crippen LogP contribution is -2.49. The van der Waals surface area contributed by atoms with Gasteiger partial charge in [-0.05, 0) is 37.1 Å². The third-order valence-corrected chi connectivity index (χ3v) is 3.86. The van der Waals surface area contributed by atoms with E-state index in [1.54, 1.807) is 0 Å². The normalized spacial score (nSPS) is 24.9. The van der Waals surface area contributed by atoms with Crippen molar-refractivity contribution in [1.29, 1.82) is 0 Å². The lowest BCUT2D eigenvalue weighted by Gasteiger charge is -2.41. The third-order valence-electron chi connectivity index (χ3n) is 3.37. The van der Waals surface area contributed by atoms with Crippen LogP contribution in [0.15, 0.2) is 22.7 Å². The van der Waals surface area contributed by atoms with Gasteiger partial charge in [0.1, 0.15) is 5.60 Å². The van der Waals surface area contributed by atoms with Gasteiger partial charge < -0.3 is 14.2 Å². The zero-order chi connectivity index (χ0) is 12.1. The maximum absolute atomic E-state index is 5.93. The highest BCUT2D eigenvalue weighted by Crippen LogP contribution is 2.42. The van der Waals surface area contributed by atoms with Crippen LogP contribution in [0.3, 0.4) is 0 Å². The van der Waals surface area contributed by atoms with Crippen molar-refractivity contribution in [3.8, 4) is 0 Å². The summed E-state index contributed by atoms with van der Waals surface area (Å²) in [5, 5.41) is 0. The topological polar surface area (TPSA) is 27.7 Å². The first kappa shape index (κ1) is 11.7. The second kappa shape index (κ2) is 3.79. The van der Waals surface area contributed by atoms with Crippen LogP contribution < -0.4 is 0 Å². The average molecular weight is 299 g/mol. The number of hydrogen-bond donors (Lipinski definition) is 0. The van der Waals surface area contributed by atoms with E-state index in [1.807, 2.05) is 19.9 Å². The van der Waals surface area contributed by atoms with Crippen molar-refractivity contribution in [3.05, 3.63) is 33.8 Å². The molecular weight excluding hydrogens is 284 g/mol. The molecule has 17 heavy (non-hydrogen) atoms. The molecule has 1 saturated heterocycles. The first-order valence-electron chi connectivity index (χ1n) is 5.72. The fourth-order valence-corrected chi connectivity index (χ4v) is 2.73. The summed E-state index contributed by atoms with van der Waals surface area (Å²) in [7, 11) is 0. The van der Waals surface area contributed by atoms with Gasteiger partial charge in [-0.1, -0.05) is 22.0 Å². The van der Waals surface area contributed by atoms with Crippen molar-refractivity contribution in [2.24, 2.45) is 0 Å². The van der Waals surface area contributed by atoms with Crippen molar-refractivity contribution in [2.75, 3.05) is 13.2 Å². The van der Waals surface area contributed by atoms with Crippen LogP contribution in [0.5, 0.6) is 0 Å². The number of halogens is 1. The quantitative estimate of drug-likeness (QED) is 0.737. The lowest BCUT2D eigenvalue weighted by molar-refractivity contribution is -0.311. The minimum atomic E-state index is -0.507. The first-order valence-corrected chi connectivity index (χ1v) is 6.51. The molecule has 0 aromatic heterocycles. The number of hydrogen-bond acceptors (Lipinski definition) is 3. The SMILES string of the molecule is CC1(C)OCC2(CO1)OCc1cc(Br)ccc12. The van der Waals surface area contributed by atoms with Crippen LogP contribution in [-0.4, -0.2) is 19.0 Å². The van der Waals surface area contributed by atoms with Crippen molar-refractivity contribution < 1.29 is 14.2 Å². The molecule has 1 aromatic carbocycles. The standard InChI is InChI=1S/C13H15BrO3/c1-12(2)16-7-13(8-17-12)11-4-3-10(14)5-9(11)6-15-13/h3-5H,6-8H2,1-2H3. The van der Waals surface area contributed by atoms with Crippen molar-refractivity contribution >= 4 is 15.9 Å². The molecule has 0 amide bonds. The highest BCUT2D eigenvalue weighted by atomic mass is 79.9. The van der Waals surface area contributed by atoms with Crippen LogP contribution in [0.1, 0.15) is 25.0 Å². The zero-order valence-corrected chi connectivity index (χ0v) is 11.5. The second-order valence-electron chi connectivity index (χ2n) is 5.06. The van der Waals surface area contributed by atoms with Gasteiger partial charge in [0.05, 0.1) is 19.8 Å². The van der Waals surface area contributed by atoms with E-state index in [0.29, 0.717) is 19.8 Å². The number of ether oxygens (including phenoxy) is 3. The van der Waals surface area contributed by atoms with E-state index in [4.69, 9.17) is 14.2 Å². The Morgan fingerprint density at radius 1 is 1.12 bits per heavy atom. The summed E-state index contributed by atoms with van der Waals surface area (Å²) in [6, 6.07) is 6.23. The number of rotatable bonds is 0. The summed E-state index contributed by atoms with van der Waals surface area (Å²) in [6.07, 6.45) is 0. The predicted octanol–water partition coefficient (Wildman–Crippen LogP) is 2.96. The molecule has 1 aromatic rings. The van der Waals surface area contributed by atoms with Gasteiger partial charge in [-0.15, -0.1) is 0 Å². The third kappa shape index (κ3) is 1.93. The summed E-state index contributed by atoms with van der Waals surface area (Å²) in [5.41, 5.74) is 1.99. The highest BCUT2D eigenvalue weighted by Gasteiger charge is 2.46. The minimum Gasteiger partial charge on any atom is -0.361 e. The van der Waals surface area contributed by atoms with Gasteiger partial charge in [0.2, 0.25) is 0 Å². The summed E-state index contributed by atoms with van der Waals surface area (Å²) in [5.74, 6) is -0.507. The van der Waals surface area contributed by atoms with Crippen molar-refractivity contribution in [3.63, 3.8) is 0 Å². The number of fused-ring (bicyclic) bond motifs is 2. The Bertz CT molecular complexity index is 446. The van der Waals surface area contributed by atoms with E-state index in [9.17, 15) is 0 Å². The van der Waals surface area contributed by atoms with Gasteiger partial charge in [0.25, 0.3) is 0 Å². The second-order valence-corrected chi connectivity index (χ2v) is 5.98. The molecule has 0 radical (unpaired) electrons. The molecule has 0 unspecified atom stereocenters. The van der Waals surface area contributed by atoms with E-state index in [-0.39, 0.29) is 0 Å². The highest BCUT2D eigenvalue weighted by molar-refractivity contribution is 9.10. The molecule has 4 heteroatoms. The van der Waals surface area contributed by atoms with Crippen LogP contribution in [0, 0.1) is 0 Å². The van der Waals surface area contributed by atoms with Crippen LogP contribution in [-0.2, 0) is 26.4 Å². The summed E-state index contributed by atoms with van der Waals surface area (Å²) in [4.78, 5) is 0. The molecule has 3 nitrogen and oxygen atoms in total. The zero-order valence-electron chi connectivity index (χ0n) is 9.96. The van der Waals surface area contributed by atoms with E-state index >= 15 is 0 Å². The molecule has 3 rings (SSSR count). The lowest BCUT2D eigenvalue weighted by atomic mass is 9.93. The smallest absolute Gasteiger partial charge is 0.163 e. The molecule has 0 bridgehead atoms. The van der Waals surface area contributed by atoms with Crippen LogP contribution in [0.25, 0.3) is 0 Å². The average Bonchev–Trinajstić information content (AvgIpc) is 2.62. The summed E-state index contributed by atoms with van der Waals surface area (Å²) >= 11 is 3.48. The van der Waals surface area contributed by atoms with Gasteiger partial charge >= 0.3 is 0 Å². The first-order chi connectivity index (χ1) is 8.01. The molecule has 1 fully saturated rings. The fourth-order valence-electron chi connectivity index (χ4n) is 2.32. The van der Waals surface area contributed by atoms with Gasteiger partial charge in [-0.25, -0.2) is 0 Å². The van der Waals surface area contributed by atoms with Crippen LogP contribution in [0.2, 0.25) is 0 Å². The molecule has 0 saturated carbocycles. The maximum atomic E-state index is 5.93. The molecule has 0 atom stereocenters. The van der Waals surface area contributed by atoms with Gasteiger partial charge in [0, 0.05) is 4.47 Å². The van der Waals surface area contributed by atoms with Gasteiger partial charge in [-0.2, -0.15) is 0 Å². The van der Waals surface area contributed by atoms with E-state index in [2.05, 4.69) is 28.1 Å². The summed E-state index contributed by atoms with van der Waals surface area (Å²) in [6.45, 7) is 5.58. The Labute approximate surface area is 109 Å². The summed E-state index contributed by atoms with van der Waals surface area (Å²) < 4.78 is 18.5. The molecule has 1 spiro atoms. The molecule has 2 heterocycles. The molecule has 92 valence electrons. The van der Waals surface area contributed by atoms with E-state index in [0.717, 1.165) is 4.47 Å². The Morgan fingerprint density at radius 2 is 1.82 bits per heavy atom. The van der Waals surface area contributed by atoms with Crippen molar-refractivity contribution in [2.45, 2.75) is 31.8 Å². The van der Waals surface area contributed by atoms with Gasteiger partial charge in [0.15, 0.2) is 5.79 Å². The molecule has 2 aliphatic heterocycles. The monoisotopic (exact) mass is 298 g/mol. The Balaban J connectivity index is 1.93. The molecule has 0 aliphatic carbocycles. The molecular formula is C13H15BrO3. The van der Waals surface area contributed by atoms with E-state index in [1.165, 1.54) is 11.1 Å². The van der Waals surface area contributed by atoms with Crippen molar-refractivity contribution in [1.82, 2.24) is 0 Å². The fraction of sp³-hybridized carbons (Fsp3) is 0.538. The maximum Gasteiger partial charge on any atom is 0.163 e. The molecule has 2 aliphatic rings. The van der Waals surface area contributed by atoms with E-state index < -0.39 is 11.4 Å². The van der Waals surface area contributed by atoms with Crippen LogP contribution in [0.4, 0.5) is 0 Å². The van der Waals surface area contributed by atoms with Crippen LogP contribution >= 0.6 is 15.9 Å². The molecule has 0 N–H and O–H groups in total.